The minimum Gasteiger partial charge on any atom is -0.422 e. The van der Waals surface area contributed by atoms with Crippen molar-refractivity contribution in [3.8, 4) is 0 Å². The van der Waals surface area contributed by atoms with Gasteiger partial charge in [0.2, 0.25) is 0 Å². The number of carbonyl (C=O) groups is 1. The molecule has 0 aliphatic heterocycles. The average molecular weight is 426 g/mol. The summed E-state index contributed by atoms with van der Waals surface area (Å²) in [5.74, 6) is -0.473. The summed E-state index contributed by atoms with van der Waals surface area (Å²) in [6.07, 6.45) is 1.66. The summed E-state index contributed by atoms with van der Waals surface area (Å²) in [4.78, 5) is 27.4. The van der Waals surface area contributed by atoms with Crippen LogP contribution in [-0.2, 0) is 27.2 Å². The van der Waals surface area contributed by atoms with Crippen LogP contribution in [0.15, 0.2) is 51.8 Å². The van der Waals surface area contributed by atoms with Gasteiger partial charge in [0.05, 0.1) is 23.8 Å². The standard InChI is InChI=1S/C21H20ClN5O3/c1-13-8-15(23-26(13)3)10-27(12-18-17(22)11-25(2)24-18)20(28)16-9-14-6-4-5-7-19(14)30-21(16)29/h4-9,11H,10,12H2,1-3H3. The molecule has 9 heteroatoms. The first-order valence-corrected chi connectivity index (χ1v) is 9.69. The van der Waals surface area contributed by atoms with Gasteiger partial charge in [-0.05, 0) is 25.1 Å². The van der Waals surface area contributed by atoms with E-state index in [0.29, 0.717) is 27.4 Å². The first kappa shape index (κ1) is 19.9. The molecular formula is C21H20ClN5O3. The Labute approximate surface area is 177 Å². The Hall–Kier alpha value is -3.39. The van der Waals surface area contributed by atoms with Crippen molar-refractivity contribution in [3.05, 3.63) is 80.7 Å². The van der Waals surface area contributed by atoms with Gasteiger partial charge < -0.3 is 9.32 Å². The lowest BCUT2D eigenvalue weighted by molar-refractivity contribution is 0.0721. The molecule has 3 aromatic heterocycles. The lowest BCUT2D eigenvalue weighted by Crippen LogP contribution is -2.33. The van der Waals surface area contributed by atoms with Gasteiger partial charge in [0.25, 0.3) is 5.91 Å². The maximum atomic E-state index is 13.4. The second kappa shape index (κ2) is 7.79. The van der Waals surface area contributed by atoms with Crippen molar-refractivity contribution in [2.24, 2.45) is 14.1 Å². The monoisotopic (exact) mass is 425 g/mol. The van der Waals surface area contributed by atoms with Crippen LogP contribution in [0.5, 0.6) is 0 Å². The van der Waals surface area contributed by atoms with Crippen molar-refractivity contribution in [1.82, 2.24) is 24.5 Å². The topological polar surface area (TPSA) is 86.2 Å². The molecule has 0 atom stereocenters. The molecule has 0 unspecified atom stereocenters. The van der Waals surface area contributed by atoms with Gasteiger partial charge in [-0.3, -0.25) is 14.2 Å². The molecule has 1 aromatic carbocycles. The number of aryl methyl sites for hydroxylation is 3. The third-order valence-corrected chi connectivity index (χ3v) is 5.19. The number of para-hydroxylation sites is 1. The molecule has 0 aliphatic carbocycles. The Kier molecular flexibility index (Phi) is 5.17. The van der Waals surface area contributed by atoms with Crippen molar-refractivity contribution in [3.63, 3.8) is 0 Å². The summed E-state index contributed by atoms with van der Waals surface area (Å²) in [6.45, 7) is 2.25. The van der Waals surface area contributed by atoms with Gasteiger partial charge in [-0.1, -0.05) is 29.8 Å². The van der Waals surface area contributed by atoms with Gasteiger partial charge in [0.1, 0.15) is 16.8 Å². The van der Waals surface area contributed by atoms with E-state index in [-0.39, 0.29) is 18.7 Å². The van der Waals surface area contributed by atoms with E-state index in [2.05, 4.69) is 10.2 Å². The van der Waals surface area contributed by atoms with Gasteiger partial charge in [-0.15, -0.1) is 0 Å². The van der Waals surface area contributed by atoms with Gasteiger partial charge in [0, 0.05) is 31.4 Å². The summed E-state index contributed by atoms with van der Waals surface area (Å²) in [7, 11) is 3.58. The van der Waals surface area contributed by atoms with E-state index < -0.39 is 11.5 Å². The molecule has 0 radical (unpaired) electrons. The number of hydrogen-bond donors (Lipinski definition) is 0. The largest absolute Gasteiger partial charge is 0.422 e. The molecule has 0 saturated heterocycles. The first-order valence-electron chi connectivity index (χ1n) is 9.31. The van der Waals surface area contributed by atoms with E-state index in [9.17, 15) is 9.59 Å². The van der Waals surface area contributed by atoms with Crippen LogP contribution in [0.1, 0.15) is 27.4 Å². The van der Waals surface area contributed by atoms with E-state index in [4.69, 9.17) is 16.0 Å². The quantitative estimate of drug-likeness (QED) is 0.459. The van der Waals surface area contributed by atoms with Crippen LogP contribution in [0.3, 0.4) is 0 Å². The predicted octanol–water partition coefficient (Wildman–Crippen LogP) is 3.06. The van der Waals surface area contributed by atoms with Gasteiger partial charge >= 0.3 is 5.63 Å². The average Bonchev–Trinajstić information content (AvgIpc) is 3.19. The van der Waals surface area contributed by atoms with Gasteiger partial charge in [-0.25, -0.2) is 4.79 Å². The number of aromatic nitrogens is 4. The lowest BCUT2D eigenvalue weighted by Gasteiger charge is -2.20. The number of fused-ring (bicyclic) bond motifs is 1. The van der Waals surface area contributed by atoms with Crippen LogP contribution >= 0.6 is 11.6 Å². The number of rotatable bonds is 5. The molecule has 0 fully saturated rings. The molecule has 1 amide bonds. The number of benzene rings is 1. The zero-order valence-corrected chi connectivity index (χ0v) is 17.6. The fourth-order valence-electron chi connectivity index (χ4n) is 3.28. The Morgan fingerprint density at radius 3 is 2.60 bits per heavy atom. The number of carbonyl (C=O) groups excluding carboxylic acids is 1. The maximum Gasteiger partial charge on any atom is 0.349 e. The molecule has 0 saturated carbocycles. The molecular weight excluding hydrogens is 406 g/mol. The van der Waals surface area contributed by atoms with Crippen molar-refractivity contribution in [2.75, 3.05) is 0 Å². The van der Waals surface area contributed by atoms with Crippen LogP contribution in [0.4, 0.5) is 0 Å². The molecule has 0 spiro atoms. The molecule has 154 valence electrons. The highest BCUT2D eigenvalue weighted by molar-refractivity contribution is 6.31. The fraction of sp³-hybridized carbons (Fsp3) is 0.238. The van der Waals surface area contributed by atoms with Gasteiger partial charge in [-0.2, -0.15) is 10.2 Å². The zero-order chi connectivity index (χ0) is 21.4. The molecule has 3 heterocycles. The summed E-state index contributed by atoms with van der Waals surface area (Å²) in [5, 5.41) is 9.87. The molecule has 0 bridgehead atoms. The lowest BCUT2D eigenvalue weighted by atomic mass is 10.1. The predicted molar refractivity (Wildman–Crippen MR) is 112 cm³/mol. The Morgan fingerprint density at radius 1 is 1.17 bits per heavy atom. The number of nitrogens with zero attached hydrogens (tertiary/aromatic N) is 5. The minimum atomic E-state index is -0.687. The Morgan fingerprint density at radius 2 is 1.93 bits per heavy atom. The Balaban J connectivity index is 1.74. The number of hydrogen-bond acceptors (Lipinski definition) is 5. The summed E-state index contributed by atoms with van der Waals surface area (Å²) >= 11 is 6.26. The number of halogens is 1. The van der Waals surface area contributed by atoms with Crippen molar-refractivity contribution in [1.29, 1.82) is 0 Å². The summed E-state index contributed by atoms with van der Waals surface area (Å²) < 4.78 is 8.66. The SMILES string of the molecule is Cc1cc(CN(Cc2nn(C)cc2Cl)C(=O)c2cc3ccccc3oc2=O)nn1C. The molecule has 8 nitrogen and oxygen atoms in total. The molecule has 30 heavy (non-hydrogen) atoms. The summed E-state index contributed by atoms with van der Waals surface area (Å²) in [6, 6.07) is 10.5. The van der Waals surface area contributed by atoms with Crippen molar-refractivity contribution >= 4 is 28.5 Å². The molecule has 4 rings (SSSR count). The maximum absolute atomic E-state index is 13.4. The van der Waals surface area contributed by atoms with Gasteiger partial charge in [0.15, 0.2) is 0 Å². The zero-order valence-electron chi connectivity index (χ0n) is 16.8. The minimum absolute atomic E-state index is 0.0478. The fourth-order valence-corrected chi connectivity index (χ4v) is 3.52. The van der Waals surface area contributed by atoms with Crippen molar-refractivity contribution in [2.45, 2.75) is 20.0 Å². The third-order valence-electron chi connectivity index (χ3n) is 4.87. The van der Waals surface area contributed by atoms with E-state index in [1.54, 1.807) is 46.9 Å². The van der Waals surface area contributed by atoms with Crippen LogP contribution in [-0.4, -0.2) is 30.4 Å². The van der Waals surface area contributed by atoms with E-state index >= 15 is 0 Å². The highest BCUT2D eigenvalue weighted by atomic mass is 35.5. The van der Waals surface area contributed by atoms with Crippen LogP contribution in [0.25, 0.3) is 11.0 Å². The highest BCUT2D eigenvalue weighted by Crippen LogP contribution is 2.20. The molecule has 0 aliphatic rings. The van der Waals surface area contributed by atoms with Crippen LogP contribution < -0.4 is 5.63 Å². The van der Waals surface area contributed by atoms with E-state index in [1.807, 2.05) is 26.1 Å². The highest BCUT2D eigenvalue weighted by Gasteiger charge is 2.24. The van der Waals surface area contributed by atoms with Crippen LogP contribution in [0, 0.1) is 6.92 Å². The Bertz CT molecular complexity index is 1280. The molecule has 4 aromatic rings. The molecule has 0 N–H and O–H groups in total. The third kappa shape index (κ3) is 3.86. The smallest absolute Gasteiger partial charge is 0.349 e. The summed E-state index contributed by atoms with van der Waals surface area (Å²) in [5.41, 5.74) is 1.88. The first-order chi connectivity index (χ1) is 14.3. The normalized spacial score (nSPS) is 11.2. The second-order valence-electron chi connectivity index (χ2n) is 7.14. The van der Waals surface area contributed by atoms with Crippen LogP contribution in [0.2, 0.25) is 5.02 Å². The van der Waals surface area contributed by atoms with E-state index in [1.165, 1.54) is 4.90 Å². The van der Waals surface area contributed by atoms with E-state index in [0.717, 1.165) is 5.69 Å². The second-order valence-corrected chi connectivity index (χ2v) is 7.55. The van der Waals surface area contributed by atoms with Crippen molar-refractivity contribution < 1.29 is 9.21 Å². The number of amides is 1.